The predicted octanol–water partition coefficient (Wildman–Crippen LogP) is 5.39. The average molecular weight is 616 g/mol. The van der Waals surface area contributed by atoms with Gasteiger partial charge in [-0.3, -0.25) is 20.2 Å². The van der Waals surface area contributed by atoms with Gasteiger partial charge in [-0.1, -0.05) is 91.0 Å². The quantitative estimate of drug-likeness (QED) is 0.139. The third-order valence-electron chi connectivity index (χ3n) is 7.32. The lowest BCUT2D eigenvalue weighted by atomic mass is 9.96. The molecule has 45 heavy (non-hydrogen) atoms. The summed E-state index contributed by atoms with van der Waals surface area (Å²) >= 11 is 0. The summed E-state index contributed by atoms with van der Waals surface area (Å²) < 4.78 is 24.7. The maximum absolute atomic E-state index is 12.0. The van der Waals surface area contributed by atoms with Crippen LogP contribution in [0, 0.1) is 20.2 Å². The minimum atomic E-state index is -1.24. The Bertz CT molecular complexity index is 1540. The van der Waals surface area contributed by atoms with Gasteiger partial charge >= 0.3 is 0 Å². The van der Waals surface area contributed by atoms with E-state index >= 15 is 0 Å². The summed E-state index contributed by atoms with van der Waals surface area (Å²) in [4.78, 5) is 21.9. The first kappa shape index (κ1) is 31.7. The monoisotopic (exact) mass is 615 g/mol. The Morgan fingerprint density at radius 2 is 1.29 bits per heavy atom. The molecule has 0 spiro atoms. The zero-order valence-corrected chi connectivity index (χ0v) is 24.2. The molecule has 0 aromatic heterocycles. The molecule has 0 amide bonds. The molecule has 12 nitrogen and oxygen atoms in total. The van der Waals surface area contributed by atoms with E-state index in [1.807, 2.05) is 91.0 Å². The zero-order valence-electron chi connectivity index (χ0n) is 24.2. The summed E-state index contributed by atoms with van der Waals surface area (Å²) in [5.41, 5.74) is 1.67. The summed E-state index contributed by atoms with van der Waals surface area (Å²) in [5.74, 6) is 0. The molecule has 1 saturated heterocycles. The number of benzene rings is 4. The number of ether oxygens (including phenoxy) is 4. The van der Waals surface area contributed by atoms with Crippen LogP contribution in [-0.2, 0) is 38.8 Å². The second-order valence-corrected chi connectivity index (χ2v) is 10.5. The van der Waals surface area contributed by atoms with Crippen LogP contribution in [0.2, 0.25) is 0 Å². The first-order valence-corrected chi connectivity index (χ1v) is 14.3. The number of hydrogen-bond donors (Lipinski definition) is 2. The zero-order chi connectivity index (χ0) is 31.6. The number of aliphatic hydroxyl groups is 1. The van der Waals surface area contributed by atoms with Crippen LogP contribution >= 0.6 is 0 Å². The number of nitrogens with one attached hydrogen (secondary N) is 1. The molecule has 1 fully saturated rings. The Hall–Kier alpha value is -4.72. The van der Waals surface area contributed by atoms with Crippen LogP contribution in [0.1, 0.15) is 16.7 Å². The van der Waals surface area contributed by atoms with Crippen molar-refractivity contribution in [3.63, 3.8) is 0 Å². The third-order valence-corrected chi connectivity index (χ3v) is 7.32. The van der Waals surface area contributed by atoms with Gasteiger partial charge < -0.3 is 29.4 Å². The normalized spacial score (nSPS) is 21.2. The molecule has 0 radical (unpaired) electrons. The van der Waals surface area contributed by atoms with Gasteiger partial charge in [0.2, 0.25) is 0 Å². The molecule has 0 saturated carbocycles. The molecule has 1 aliphatic heterocycles. The van der Waals surface area contributed by atoms with Crippen molar-refractivity contribution in [2.75, 3.05) is 11.9 Å². The molecule has 0 bridgehead atoms. The summed E-state index contributed by atoms with van der Waals surface area (Å²) in [5, 5.41) is 38.0. The molecule has 4 aromatic carbocycles. The first-order valence-electron chi connectivity index (χ1n) is 14.3. The second-order valence-electron chi connectivity index (χ2n) is 10.5. The molecule has 4 aromatic rings. The SMILES string of the molecule is O=[N+]([O-])c1ccc(N[C@H]2[C@H](OCc3ccccc3)O[C@H](COCc3ccccc3)[C@@H](O)[C@@H]2OCc2ccccc2)c([N+](=O)[O-])c1. The van der Waals surface area contributed by atoms with Gasteiger partial charge in [0.05, 0.1) is 42.3 Å². The molecule has 1 heterocycles. The second kappa shape index (κ2) is 15.3. The van der Waals surface area contributed by atoms with Crippen LogP contribution in [0.3, 0.4) is 0 Å². The Kier molecular flexibility index (Phi) is 10.8. The number of nitrogens with zero attached hydrogens (tertiary/aromatic N) is 2. The minimum absolute atomic E-state index is 0.0108. The molecule has 12 heteroatoms. The van der Waals surface area contributed by atoms with E-state index in [0.29, 0.717) is 0 Å². The van der Waals surface area contributed by atoms with Gasteiger partial charge in [0.25, 0.3) is 11.4 Å². The summed E-state index contributed by atoms with van der Waals surface area (Å²) in [7, 11) is 0. The van der Waals surface area contributed by atoms with Crippen LogP contribution in [0.4, 0.5) is 17.1 Å². The smallest absolute Gasteiger partial charge is 0.299 e. The van der Waals surface area contributed by atoms with Crippen LogP contribution in [-0.4, -0.2) is 52.2 Å². The highest BCUT2D eigenvalue weighted by atomic mass is 16.7. The van der Waals surface area contributed by atoms with Crippen molar-refractivity contribution >= 4 is 17.1 Å². The van der Waals surface area contributed by atoms with Gasteiger partial charge in [-0.05, 0) is 22.8 Å². The number of aliphatic hydroxyl groups excluding tert-OH is 1. The summed E-state index contributed by atoms with van der Waals surface area (Å²) in [6.07, 6.45) is -4.19. The average Bonchev–Trinajstić information content (AvgIpc) is 3.06. The molecule has 1 aliphatic rings. The van der Waals surface area contributed by atoms with Crippen molar-refractivity contribution in [1.29, 1.82) is 0 Å². The van der Waals surface area contributed by atoms with Gasteiger partial charge in [-0.2, -0.15) is 0 Å². The molecule has 5 atom stereocenters. The highest BCUT2D eigenvalue weighted by molar-refractivity contribution is 5.66. The van der Waals surface area contributed by atoms with E-state index in [4.69, 9.17) is 18.9 Å². The van der Waals surface area contributed by atoms with E-state index in [2.05, 4.69) is 5.32 Å². The number of nitro groups is 2. The lowest BCUT2D eigenvalue weighted by Crippen LogP contribution is -2.62. The Balaban J connectivity index is 1.45. The van der Waals surface area contributed by atoms with E-state index in [1.54, 1.807) is 0 Å². The van der Waals surface area contributed by atoms with Gasteiger partial charge in [0, 0.05) is 6.07 Å². The van der Waals surface area contributed by atoms with Crippen LogP contribution in [0.15, 0.2) is 109 Å². The minimum Gasteiger partial charge on any atom is -0.388 e. The van der Waals surface area contributed by atoms with Crippen molar-refractivity contribution in [2.45, 2.75) is 50.5 Å². The van der Waals surface area contributed by atoms with Crippen molar-refractivity contribution in [2.24, 2.45) is 0 Å². The predicted molar refractivity (Wildman–Crippen MR) is 164 cm³/mol. The van der Waals surface area contributed by atoms with Crippen LogP contribution in [0.25, 0.3) is 0 Å². The Morgan fingerprint density at radius 1 is 0.733 bits per heavy atom. The molecule has 5 rings (SSSR count). The maximum Gasteiger partial charge on any atom is 0.299 e. The number of hydrogen-bond acceptors (Lipinski definition) is 10. The highest BCUT2D eigenvalue weighted by Gasteiger charge is 2.47. The van der Waals surface area contributed by atoms with E-state index < -0.39 is 51.9 Å². The van der Waals surface area contributed by atoms with E-state index in [0.717, 1.165) is 28.8 Å². The van der Waals surface area contributed by atoms with E-state index in [-0.39, 0.29) is 32.1 Å². The number of anilines is 1. The highest BCUT2D eigenvalue weighted by Crippen LogP contribution is 2.34. The lowest BCUT2D eigenvalue weighted by molar-refractivity contribution is -0.393. The summed E-state index contributed by atoms with van der Waals surface area (Å²) in [6.45, 7) is 0.545. The lowest BCUT2D eigenvalue weighted by Gasteiger charge is -2.45. The molecule has 0 aliphatic carbocycles. The molecular formula is C33H33N3O9. The van der Waals surface area contributed by atoms with Gasteiger partial charge in [-0.15, -0.1) is 0 Å². The largest absolute Gasteiger partial charge is 0.388 e. The van der Waals surface area contributed by atoms with E-state index in [9.17, 15) is 25.3 Å². The van der Waals surface area contributed by atoms with Gasteiger partial charge in [0.15, 0.2) is 6.29 Å². The molecule has 2 N–H and O–H groups in total. The van der Waals surface area contributed by atoms with Crippen LogP contribution < -0.4 is 5.32 Å². The van der Waals surface area contributed by atoms with Crippen molar-refractivity contribution < 1.29 is 33.9 Å². The molecular weight excluding hydrogens is 582 g/mol. The van der Waals surface area contributed by atoms with Gasteiger partial charge in [0.1, 0.15) is 30.0 Å². The first-order chi connectivity index (χ1) is 21.9. The fraction of sp³-hybridized carbons (Fsp3) is 0.273. The number of non-ortho nitro benzene ring substituents is 1. The van der Waals surface area contributed by atoms with Crippen molar-refractivity contribution in [1.82, 2.24) is 0 Å². The topological polar surface area (TPSA) is 155 Å². The van der Waals surface area contributed by atoms with Crippen molar-refractivity contribution in [3.8, 4) is 0 Å². The number of rotatable bonds is 14. The maximum atomic E-state index is 12.0. The molecule has 0 unspecified atom stereocenters. The van der Waals surface area contributed by atoms with Gasteiger partial charge in [-0.25, -0.2) is 0 Å². The fourth-order valence-corrected chi connectivity index (χ4v) is 5.02. The molecule has 234 valence electrons. The van der Waals surface area contributed by atoms with Crippen LogP contribution in [0.5, 0.6) is 0 Å². The Labute approximate surface area is 259 Å². The third kappa shape index (κ3) is 8.47. The number of nitro benzene ring substituents is 2. The fourth-order valence-electron chi connectivity index (χ4n) is 5.02. The van der Waals surface area contributed by atoms with E-state index in [1.165, 1.54) is 6.07 Å². The standard InChI is InChI=1S/C33H33N3O9/c37-31-29(22-42-19-23-10-4-1-5-11-23)45-33(44-21-25-14-8-3-9-15-25)30(32(31)43-20-24-12-6-2-7-13-24)34-27-17-16-26(35(38)39)18-28(27)36(40)41/h1-18,29-34,37H,19-22H2/t29-,30-,31-,32-,33-/m1/s1. The van der Waals surface area contributed by atoms with Crippen molar-refractivity contribution in [3.05, 3.63) is 146 Å². The summed E-state index contributed by atoms with van der Waals surface area (Å²) in [6, 6.07) is 30.6. The Morgan fingerprint density at radius 3 is 1.84 bits per heavy atom.